The maximum atomic E-state index is 13.9. The van der Waals surface area contributed by atoms with Crippen LogP contribution in [0.5, 0.6) is 0 Å². The Bertz CT molecular complexity index is 937. The number of rotatable bonds is 7. The fourth-order valence-corrected chi connectivity index (χ4v) is 5.10. The number of nitrogens with zero attached hydrogens (tertiary/aromatic N) is 1. The van der Waals surface area contributed by atoms with Crippen molar-refractivity contribution >= 4 is 15.9 Å². The lowest BCUT2D eigenvalue weighted by molar-refractivity contribution is -0.121. The number of sulfonamides is 1. The van der Waals surface area contributed by atoms with Gasteiger partial charge in [0, 0.05) is 26.1 Å². The third-order valence-electron chi connectivity index (χ3n) is 5.42. The summed E-state index contributed by atoms with van der Waals surface area (Å²) in [6, 6.07) is 13.5. The maximum Gasteiger partial charge on any atom is 0.245 e. The van der Waals surface area contributed by atoms with Gasteiger partial charge < -0.3 is 5.32 Å². The summed E-state index contributed by atoms with van der Waals surface area (Å²) in [7, 11) is -3.81. The van der Waals surface area contributed by atoms with Crippen LogP contribution >= 0.6 is 0 Å². The summed E-state index contributed by atoms with van der Waals surface area (Å²) in [4.78, 5) is 11.8. The molecule has 0 atom stereocenters. The molecule has 0 unspecified atom stereocenters. The molecule has 0 bridgehead atoms. The van der Waals surface area contributed by atoms with Gasteiger partial charge in [-0.1, -0.05) is 42.0 Å². The molecule has 0 saturated carbocycles. The molecule has 1 saturated heterocycles. The van der Waals surface area contributed by atoms with Gasteiger partial charge in [0.05, 0.1) is 0 Å². The van der Waals surface area contributed by atoms with Gasteiger partial charge >= 0.3 is 0 Å². The molecule has 0 radical (unpaired) electrons. The predicted molar refractivity (Wildman–Crippen MR) is 110 cm³/mol. The average molecular weight is 419 g/mol. The topological polar surface area (TPSA) is 66.5 Å². The first-order valence-electron chi connectivity index (χ1n) is 9.93. The SMILES string of the molecule is Cc1ccc(CNC(=O)CCC2CCN(S(=O)(=O)c3ccccc3F)CC2)cc1. The number of halogens is 1. The molecule has 0 aromatic heterocycles. The lowest BCUT2D eigenvalue weighted by Gasteiger charge is -2.31. The van der Waals surface area contributed by atoms with E-state index in [-0.39, 0.29) is 10.8 Å². The predicted octanol–water partition coefficient (Wildman–Crippen LogP) is 3.63. The highest BCUT2D eigenvalue weighted by atomic mass is 32.2. The van der Waals surface area contributed by atoms with Crippen molar-refractivity contribution in [2.45, 2.75) is 44.0 Å². The highest BCUT2D eigenvalue weighted by molar-refractivity contribution is 7.89. The number of amides is 1. The largest absolute Gasteiger partial charge is 0.352 e. The van der Waals surface area contributed by atoms with Crippen LogP contribution in [0, 0.1) is 18.7 Å². The van der Waals surface area contributed by atoms with Crippen LogP contribution < -0.4 is 5.32 Å². The summed E-state index contributed by atoms with van der Waals surface area (Å²) in [5.41, 5.74) is 2.25. The Hall–Kier alpha value is -2.25. The first-order chi connectivity index (χ1) is 13.9. The van der Waals surface area contributed by atoms with Gasteiger partial charge in [-0.15, -0.1) is 0 Å². The zero-order valence-corrected chi connectivity index (χ0v) is 17.4. The van der Waals surface area contributed by atoms with E-state index < -0.39 is 15.8 Å². The highest BCUT2D eigenvalue weighted by Crippen LogP contribution is 2.27. The van der Waals surface area contributed by atoms with Crippen molar-refractivity contribution in [2.75, 3.05) is 13.1 Å². The molecule has 2 aromatic carbocycles. The summed E-state index contributed by atoms with van der Waals surface area (Å²) in [6.07, 6.45) is 2.52. The normalized spacial score (nSPS) is 15.9. The van der Waals surface area contributed by atoms with Gasteiger partial charge in [-0.2, -0.15) is 4.31 Å². The van der Waals surface area contributed by atoms with Crippen molar-refractivity contribution in [3.8, 4) is 0 Å². The first-order valence-corrected chi connectivity index (χ1v) is 11.4. The van der Waals surface area contributed by atoms with E-state index in [0.717, 1.165) is 18.1 Å². The molecule has 7 heteroatoms. The van der Waals surface area contributed by atoms with Crippen molar-refractivity contribution in [2.24, 2.45) is 5.92 Å². The number of hydrogen-bond donors (Lipinski definition) is 1. The minimum atomic E-state index is -3.81. The van der Waals surface area contributed by atoms with Crippen molar-refractivity contribution < 1.29 is 17.6 Å². The molecular weight excluding hydrogens is 391 g/mol. The van der Waals surface area contributed by atoms with Gasteiger partial charge in [0.15, 0.2) is 0 Å². The van der Waals surface area contributed by atoms with Crippen molar-refractivity contribution in [3.05, 3.63) is 65.5 Å². The summed E-state index contributed by atoms with van der Waals surface area (Å²) >= 11 is 0. The molecule has 3 rings (SSSR count). The molecule has 1 fully saturated rings. The molecule has 1 aliphatic rings. The maximum absolute atomic E-state index is 13.9. The van der Waals surface area contributed by atoms with Crippen LogP contribution in [-0.2, 0) is 21.4 Å². The van der Waals surface area contributed by atoms with Crippen LogP contribution in [0.4, 0.5) is 4.39 Å². The van der Waals surface area contributed by atoms with Crippen LogP contribution in [0.1, 0.15) is 36.8 Å². The third kappa shape index (κ3) is 5.64. The standard InChI is InChI=1S/C22H27FN2O3S/c1-17-6-8-19(9-7-17)16-24-22(26)11-10-18-12-14-25(15-13-18)29(27,28)21-5-3-2-4-20(21)23/h2-9,18H,10-16H2,1H3,(H,24,26). The van der Waals surface area contributed by atoms with E-state index >= 15 is 0 Å². The Balaban J connectivity index is 1.43. The number of hydrogen-bond acceptors (Lipinski definition) is 3. The average Bonchev–Trinajstić information content (AvgIpc) is 2.72. The van der Waals surface area contributed by atoms with Crippen molar-refractivity contribution in [1.29, 1.82) is 0 Å². The smallest absolute Gasteiger partial charge is 0.245 e. The number of carbonyl (C=O) groups is 1. The Kier molecular flexibility index (Phi) is 7.03. The molecule has 5 nitrogen and oxygen atoms in total. The molecule has 1 heterocycles. The van der Waals surface area contributed by atoms with Crippen molar-refractivity contribution in [1.82, 2.24) is 9.62 Å². The number of carbonyl (C=O) groups excluding carboxylic acids is 1. The van der Waals surface area contributed by atoms with Gasteiger partial charge in [0.2, 0.25) is 15.9 Å². The van der Waals surface area contributed by atoms with E-state index in [1.165, 1.54) is 28.1 Å². The number of piperidine rings is 1. The fourth-order valence-electron chi connectivity index (χ4n) is 3.56. The first kappa shape index (κ1) is 21.5. The third-order valence-corrected chi connectivity index (χ3v) is 7.35. The summed E-state index contributed by atoms with van der Waals surface area (Å²) < 4.78 is 40.5. The number of nitrogens with one attached hydrogen (secondary N) is 1. The molecule has 156 valence electrons. The van der Waals surface area contributed by atoms with Crippen molar-refractivity contribution in [3.63, 3.8) is 0 Å². The molecule has 1 amide bonds. The molecule has 29 heavy (non-hydrogen) atoms. The van der Waals surface area contributed by atoms with E-state index in [2.05, 4.69) is 5.32 Å². The Morgan fingerprint density at radius 3 is 2.41 bits per heavy atom. The molecule has 1 N–H and O–H groups in total. The van der Waals surface area contributed by atoms with Crippen LogP contribution in [0.3, 0.4) is 0 Å². The van der Waals surface area contributed by atoms with E-state index in [4.69, 9.17) is 0 Å². The zero-order valence-electron chi connectivity index (χ0n) is 16.6. The van der Waals surface area contributed by atoms with E-state index in [0.29, 0.717) is 44.8 Å². The second-order valence-corrected chi connectivity index (χ2v) is 9.49. The fraction of sp³-hybridized carbons (Fsp3) is 0.409. The van der Waals surface area contributed by atoms with Crippen LogP contribution in [0.2, 0.25) is 0 Å². The van der Waals surface area contributed by atoms with Gasteiger partial charge in [-0.3, -0.25) is 4.79 Å². The van der Waals surface area contributed by atoms with E-state index in [1.54, 1.807) is 0 Å². The lowest BCUT2D eigenvalue weighted by Crippen LogP contribution is -2.39. The summed E-state index contributed by atoms with van der Waals surface area (Å²) in [6.45, 7) is 3.24. The van der Waals surface area contributed by atoms with Gasteiger partial charge in [0.1, 0.15) is 10.7 Å². The Morgan fingerprint density at radius 2 is 1.76 bits per heavy atom. The molecular formula is C22H27FN2O3S. The summed E-state index contributed by atoms with van der Waals surface area (Å²) in [5.74, 6) is -0.418. The minimum absolute atomic E-state index is 0.00647. The minimum Gasteiger partial charge on any atom is -0.352 e. The molecule has 0 spiro atoms. The van der Waals surface area contributed by atoms with Gasteiger partial charge in [-0.05, 0) is 49.8 Å². The van der Waals surface area contributed by atoms with Crippen LogP contribution in [-0.4, -0.2) is 31.7 Å². The quantitative estimate of drug-likeness (QED) is 0.747. The second-order valence-electron chi connectivity index (χ2n) is 7.58. The molecule has 0 aliphatic carbocycles. The lowest BCUT2D eigenvalue weighted by atomic mass is 9.93. The second kappa shape index (κ2) is 9.50. The summed E-state index contributed by atoms with van der Waals surface area (Å²) in [5, 5.41) is 2.93. The van der Waals surface area contributed by atoms with Gasteiger partial charge in [-0.25, -0.2) is 12.8 Å². The van der Waals surface area contributed by atoms with Crippen LogP contribution in [0.15, 0.2) is 53.4 Å². The number of aryl methyl sites for hydroxylation is 1. The zero-order chi connectivity index (χ0) is 20.9. The number of benzene rings is 2. The molecule has 2 aromatic rings. The highest BCUT2D eigenvalue weighted by Gasteiger charge is 2.31. The Morgan fingerprint density at radius 1 is 1.10 bits per heavy atom. The molecule has 1 aliphatic heterocycles. The van der Waals surface area contributed by atoms with Gasteiger partial charge in [0.25, 0.3) is 0 Å². The van der Waals surface area contributed by atoms with E-state index in [9.17, 15) is 17.6 Å². The monoisotopic (exact) mass is 418 g/mol. The van der Waals surface area contributed by atoms with E-state index in [1.807, 2.05) is 31.2 Å². The Labute approximate surface area is 172 Å². The van der Waals surface area contributed by atoms with Crippen LogP contribution in [0.25, 0.3) is 0 Å².